The average molecular weight is 479 g/mol. The van der Waals surface area contributed by atoms with Gasteiger partial charge in [0.05, 0.1) is 12.2 Å². The van der Waals surface area contributed by atoms with Gasteiger partial charge in [0.25, 0.3) is 5.91 Å². The number of hydrogen-bond donors (Lipinski definition) is 2. The molecule has 3 heterocycles. The zero-order valence-corrected chi connectivity index (χ0v) is 17.7. The van der Waals surface area contributed by atoms with Gasteiger partial charge in [-0.1, -0.05) is 11.8 Å². The first-order valence-corrected chi connectivity index (χ1v) is 10.7. The van der Waals surface area contributed by atoms with Crippen LogP contribution in [0.3, 0.4) is 0 Å². The molecule has 0 saturated carbocycles. The van der Waals surface area contributed by atoms with Crippen molar-refractivity contribution in [1.82, 2.24) is 4.98 Å². The molecule has 12 heteroatoms. The number of amidine groups is 1. The molecule has 3 N–H and O–H groups in total. The summed E-state index contributed by atoms with van der Waals surface area (Å²) >= 11 is 1.11. The first-order chi connectivity index (χ1) is 15.6. The number of halogens is 4. The lowest BCUT2D eigenvalue weighted by molar-refractivity contribution is -0.245. The van der Waals surface area contributed by atoms with Crippen molar-refractivity contribution in [1.29, 1.82) is 5.26 Å². The van der Waals surface area contributed by atoms with E-state index in [0.717, 1.165) is 17.8 Å². The van der Waals surface area contributed by atoms with Crippen LogP contribution in [0.2, 0.25) is 0 Å². The number of amides is 1. The van der Waals surface area contributed by atoms with Gasteiger partial charge in [0, 0.05) is 29.1 Å². The summed E-state index contributed by atoms with van der Waals surface area (Å²) in [5.74, 6) is -1.77. The van der Waals surface area contributed by atoms with E-state index in [2.05, 4.69) is 15.3 Å². The van der Waals surface area contributed by atoms with Gasteiger partial charge in [0.1, 0.15) is 23.1 Å². The molecule has 4 rings (SSSR count). The Hall–Kier alpha value is -3.17. The highest BCUT2D eigenvalue weighted by molar-refractivity contribution is 8.13. The summed E-state index contributed by atoms with van der Waals surface area (Å²) in [5, 5.41) is 11.5. The van der Waals surface area contributed by atoms with Gasteiger partial charge in [-0.25, -0.2) is 14.4 Å². The molecular formula is C21H17F4N5O2S. The lowest BCUT2D eigenvalue weighted by Gasteiger charge is -2.46. The Balaban J connectivity index is 1.66. The smallest absolute Gasteiger partial charge is 0.379 e. The van der Waals surface area contributed by atoms with E-state index in [4.69, 9.17) is 15.7 Å². The largest absolute Gasteiger partial charge is 0.414 e. The van der Waals surface area contributed by atoms with E-state index in [0.29, 0.717) is 0 Å². The number of carbonyl (C=O) groups excluding carboxylic acids is 1. The number of fused-ring (bicyclic) bond motifs is 1. The Morgan fingerprint density at radius 2 is 2.12 bits per heavy atom. The number of alkyl halides is 3. The number of rotatable bonds is 3. The van der Waals surface area contributed by atoms with Crippen molar-refractivity contribution in [3.05, 3.63) is 59.2 Å². The number of thioether (sulfide) groups is 1. The van der Waals surface area contributed by atoms with Crippen molar-refractivity contribution in [3.8, 4) is 6.07 Å². The van der Waals surface area contributed by atoms with Crippen molar-refractivity contribution >= 4 is 28.5 Å². The molecule has 172 valence electrons. The van der Waals surface area contributed by atoms with E-state index in [1.165, 1.54) is 30.5 Å². The Morgan fingerprint density at radius 1 is 1.33 bits per heavy atom. The van der Waals surface area contributed by atoms with Gasteiger partial charge < -0.3 is 15.8 Å². The van der Waals surface area contributed by atoms with Gasteiger partial charge in [-0.05, 0) is 36.8 Å². The van der Waals surface area contributed by atoms with E-state index >= 15 is 0 Å². The molecule has 1 amide bonds. The van der Waals surface area contributed by atoms with Crippen LogP contribution in [0.25, 0.3) is 0 Å². The van der Waals surface area contributed by atoms with E-state index in [1.807, 2.05) is 6.07 Å². The summed E-state index contributed by atoms with van der Waals surface area (Å²) in [6.07, 6.45) is -5.67. The van der Waals surface area contributed by atoms with Gasteiger partial charge in [-0.2, -0.15) is 18.4 Å². The number of aliphatic imine (C=N–C) groups is 1. The second-order valence-electron chi connectivity index (χ2n) is 7.65. The summed E-state index contributed by atoms with van der Waals surface area (Å²) in [7, 11) is 0. The van der Waals surface area contributed by atoms with Crippen molar-refractivity contribution in [3.63, 3.8) is 0 Å². The van der Waals surface area contributed by atoms with Crippen LogP contribution in [0.1, 0.15) is 28.0 Å². The molecule has 1 saturated heterocycles. The second-order valence-corrected chi connectivity index (χ2v) is 8.69. The van der Waals surface area contributed by atoms with Crippen molar-refractivity contribution in [2.45, 2.75) is 24.2 Å². The van der Waals surface area contributed by atoms with Crippen LogP contribution in [0.15, 0.2) is 41.5 Å². The lowest BCUT2D eigenvalue weighted by Crippen LogP contribution is -2.53. The number of carbonyl (C=O) groups is 1. The Morgan fingerprint density at radius 3 is 2.79 bits per heavy atom. The quantitative estimate of drug-likeness (QED) is 0.651. The number of pyridine rings is 1. The molecule has 33 heavy (non-hydrogen) atoms. The molecule has 0 spiro atoms. The van der Waals surface area contributed by atoms with E-state index in [1.54, 1.807) is 0 Å². The fraction of sp³-hybridized carbons (Fsp3) is 0.333. The maximum Gasteiger partial charge on any atom is 0.414 e. The number of nitrogens with two attached hydrogens (primary N) is 1. The number of ether oxygens (including phenoxy) is 1. The Labute approximate surface area is 190 Å². The predicted molar refractivity (Wildman–Crippen MR) is 113 cm³/mol. The van der Waals surface area contributed by atoms with Crippen molar-refractivity contribution in [2.24, 2.45) is 16.6 Å². The highest BCUT2D eigenvalue weighted by Gasteiger charge is 2.55. The molecule has 0 bridgehead atoms. The molecule has 7 nitrogen and oxygen atoms in total. The van der Waals surface area contributed by atoms with Crippen LogP contribution in [0.4, 0.5) is 23.2 Å². The maximum absolute atomic E-state index is 15.0. The fourth-order valence-corrected chi connectivity index (χ4v) is 4.93. The molecule has 1 aromatic carbocycles. The summed E-state index contributed by atoms with van der Waals surface area (Å²) in [5.41, 5.74) is 4.91. The molecular weight excluding hydrogens is 462 g/mol. The first-order valence-electron chi connectivity index (χ1n) is 9.76. The van der Waals surface area contributed by atoms with Crippen LogP contribution in [0.5, 0.6) is 0 Å². The molecule has 3 atom stereocenters. The highest BCUT2D eigenvalue weighted by atomic mass is 32.2. The predicted octanol–water partition coefficient (Wildman–Crippen LogP) is 3.57. The van der Waals surface area contributed by atoms with E-state index < -0.39 is 48.5 Å². The van der Waals surface area contributed by atoms with Crippen LogP contribution in [-0.4, -0.2) is 40.7 Å². The minimum absolute atomic E-state index is 0.0121. The average Bonchev–Trinajstić information content (AvgIpc) is 2.79. The summed E-state index contributed by atoms with van der Waals surface area (Å²) in [6, 6.07) is 8.43. The monoisotopic (exact) mass is 479 g/mol. The normalized spacial score (nSPS) is 24.9. The number of hydrogen-bond acceptors (Lipinski definition) is 7. The van der Waals surface area contributed by atoms with Crippen LogP contribution in [0, 0.1) is 23.1 Å². The number of anilines is 1. The van der Waals surface area contributed by atoms with Crippen molar-refractivity contribution in [2.75, 3.05) is 17.7 Å². The third-order valence-electron chi connectivity index (χ3n) is 5.60. The van der Waals surface area contributed by atoms with Gasteiger partial charge >= 0.3 is 6.18 Å². The minimum atomic E-state index is -4.55. The SMILES string of the molecule is N#Cc1ccc(C(=O)Nc2ccc(F)c([C@]34CO[C@@H](C(F)(F)F)CC3CSC(N)=N4)c2)nc1. The topological polar surface area (TPSA) is 113 Å². The molecule has 0 aliphatic carbocycles. The molecule has 0 radical (unpaired) electrons. The molecule has 1 unspecified atom stereocenters. The van der Waals surface area contributed by atoms with E-state index in [-0.39, 0.29) is 33.4 Å². The molecule has 2 aliphatic rings. The first kappa shape index (κ1) is 23.0. The summed E-state index contributed by atoms with van der Waals surface area (Å²) < 4.78 is 59.9. The zero-order valence-electron chi connectivity index (χ0n) is 16.9. The molecule has 2 aliphatic heterocycles. The Bertz CT molecular complexity index is 1150. The van der Waals surface area contributed by atoms with Gasteiger partial charge in [0.15, 0.2) is 11.3 Å². The number of nitriles is 1. The van der Waals surface area contributed by atoms with Crippen molar-refractivity contribution < 1.29 is 27.1 Å². The molecule has 1 fully saturated rings. The summed E-state index contributed by atoms with van der Waals surface area (Å²) in [6.45, 7) is -0.505. The Kier molecular flexibility index (Phi) is 6.02. The second kappa shape index (κ2) is 8.64. The van der Waals surface area contributed by atoms with Crippen LogP contribution < -0.4 is 11.1 Å². The standard InChI is InChI=1S/C21H17F4N5O2S/c22-15-3-2-13(29-18(31)16-4-1-11(7-26)8-28-16)6-14(15)20-10-32-17(21(23,24)25)5-12(20)9-33-19(27)30-20/h1-4,6,8,12,17H,5,9-10H2,(H2,27,30)(H,29,31)/t12?,17-,20+/m1/s1. The van der Waals surface area contributed by atoms with E-state index in [9.17, 15) is 22.4 Å². The number of nitrogens with zero attached hydrogens (tertiary/aromatic N) is 3. The zero-order chi connectivity index (χ0) is 23.8. The van der Waals surface area contributed by atoms with Crippen LogP contribution in [-0.2, 0) is 10.3 Å². The third-order valence-corrected chi connectivity index (χ3v) is 6.56. The minimum Gasteiger partial charge on any atom is -0.379 e. The lowest BCUT2D eigenvalue weighted by atomic mass is 9.74. The van der Waals surface area contributed by atoms with Gasteiger partial charge in [-0.3, -0.25) is 4.79 Å². The molecule has 2 aromatic rings. The van der Waals surface area contributed by atoms with Gasteiger partial charge in [0.2, 0.25) is 0 Å². The number of nitrogens with one attached hydrogen (secondary N) is 1. The third kappa shape index (κ3) is 4.51. The molecule has 1 aromatic heterocycles. The van der Waals surface area contributed by atoms with Crippen LogP contribution >= 0.6 is 11.8 Å². The highest BCUT2D eigenvalue weighted by Crippen LogP contribution is 2.49. The fourth-order valence-electron chi connectivity index (χ4n) is 3.92. The maximum atomic E-state index is 15.0. The summed E-state index contributed by atoms with van der Waals surface area (Å²) in [4.78, 5) is 20.8. The number of aromatic nitrogens is 1. The van der Waals surface area contributed by atoms with Gasteiger partial charge in [-0.15, -0.1) is 0 Å². The number of benzene rings is 1.